The summed E-state index contributed by atoms with van der Waals surface area (Å²) in [5.41, 5.74) is 5.21. The van der Waals surface area contributed by atoms with Crippen LogP contribution in [0.5, 0.6) is 5.75 Å². The number of piperazine rings is 1. The van der Waals surface area contributed by atoms with Crippen molar-refractivity contribution >= 4 is 17.5 Å². The summed E-state index contributed by atoms with van der Waals surface area (Å²) in [4.78, 5) is 33.1. The molecule has 3 N–H and O–H groups in total. The van der Waals surface area contributed by atoms with Crippen LogP contribution in [0.4, 0.5) is 18.9 Å². The van der Waals surface area contributed by atoms with Gasteiger partial charge in [0.25, 0.3) is 0 Å². The van der Waals surface area contributed by atoms with E-state index in [1.54, 1.807) is 24.3 Å². The minimum absolute atomic E-state index is 0.00157. The van der Waals surface area contributed by atoms with Gasteiger partial charge in [-0.25, -0.2) is 0 Å². The predicted octanol–water partition coefficient (Wildman–Crippen LogP) is 4.51. The van der Waals surface area contributed by atoms with Crippen LogP contribution in [-0.4, -0.2) is 80.6 Å². The summed E-state index contributed by atoms with van der Waals surface area (Å²) < 4.78 is 47.5. The SMILES string of the molecule is Cc1c(N(C(=O)CN)C(C(=O)NC2CCCCC2)c2ccc(OCCCN3CCN(C)CC3)cc2)cccc1C(F)(F)F. The number of likely N-dealkylation sites (N-methyl/N-ethyl adjacent to an activating group) is 1. The molecule has 1 atom stereocenters. The first-order valence-electron chi connectivity index (χ1n) is 15.2. The van der Waals surface area contributed by atoms with Gasteiger partial charge in [-0.1, -0.05) is 37.5 Å². The van der Waals surface area contributed by atoms with E-state index in [1.165, 1.54) is 19.1 Å². The van der Waals surface area contributed by atoms with E-state index in [2.05, 4.69) is 22.2 Å². The molecular formula is C32H44F3N5O3. The van der Waals surface area contributed by atoms with Gasteiger partial charge in [-0.15, -0.1) is 0 Å². The van der Waals surface area contributed by atoms with Crippen LogP contribution in [-0.2, 0) is 15.8 Å². The van der Waals surface area contributed by atoms with Crippen LogP contribution in [0.25, 0.3) is 0 Å². The Morgan fingerprint density at radius 3 is 2.35 bits per heavy atom. The molecule has 1 unspecified atom stereocenters. The monoisotopic (exact) mass is 603 g/mol. The molecule has 8 nitrogen and oxygen atoms in total. The molecule has 1 aliphatic heterocycles. The molecule has 0 radical (unpaired) electrons. The van der Waals surface area contributed by atoms with Crippen LogP contribution in [0.15, 0.2) is 42.5 Å². The lowest BCUT2D eigenvalue weighted by Crippen LogP contribution is -2.49. The number of carbonyl (C=O) groups excluding carboxylic acids is 2. The zero-order valence-electron chi connectivity index (χ0n) is 25.2. The van der Waals surface area contributed by atoms with E-state index in [0.717, 1.165) is 82.2 Å². The number of hydrogen-bond acceptors (Lipinski definition) is 6. The summed E-state index contributed by atoms with van der Waals surface area (Å²) >= 11 is 0. The third-order valence-corrected chi connectivity index (χ3v) is 8.45. The molecule has 0 spiro atoms. The van der Waals surface area contributed by atoms with Crippen LogP contribution in [0.2, 0.25) is 0 Å². The molecule has 11 heteroatoms. The van der Waals surface area contributed by atoms with E-state index < -0.39 is 36.1 Å². The minimum atomic E-state index is -4.62. The van der Waals surface area contributed by atoms with Crippen molar-refractivity contribution < 1.29 is 27.5 Å². The van der Waals surface area contributed by atoms with Crippen molar-refractivity contribution in [3.63, 3.8) is 0 Å². The number of carbonyl (C=O) groups is 2. The number of ether oxygens (including phenoxy) is 1. The van der Waals surface area contributed by atoms with Gasteiger partial charge in [0.2, 0.25) is 11.8 Å². The number of nitrogens with two attached hydrogens (primary N) is 1. The Morgan fingerprint density at radius 1 is 1.05 bits per heavy atom. The number of amides is 2. The number of rotatable bonds is 11. The summed E-state index contributed by atoms with van der Waals surface area (Å²) in [7, 11) is 2.13. The van der Waals surface area contributed by atoms with Crippen molar-refractivity contribution in [1.82, 2.24) is 15.1 Å². The van der Waals surface area contributed by atoms with Crippen LogP contribution >= 0.6 is 0 Å². The van der Waals surface area contributed by atoms with Crippen LogP contribution < -0.4 is 20.7 Å². The topological polar surface area (TPSA) is 91.1 Å². The fourth-order valence-corrected chi connectivity index (χ4v) is 5.95. The molecule has 1 heterocycles. The molecule has 1 aliphatic carbocycles. The first-order valence-corrected chi connectivity index (χ1v) is 15.2. The molecular weight excluding hydrogens is 559 g/mol. The number of nitrogens with zero attached hydrogens (tertiary/aromatic N) is 3. The van der Waals surface area contributed by atoms with Gasteiger partial charge in [-0.05, 0) is 68.6 Å². The third-order valence-electron chi connectivity index (χ3n) is 8.45. The smallest absolute Gasteiger partial charge is 0.416 e. The van der Waals surface area contributed by atoms with Gasteiger partial charge in [0.05, 0.1) is 18.7 Å². The van der Waals surface area contributed by atoms with Crippen molar-refractivity contribution in [3.8, 4) is 5.75 Å². The Morgan fingerprint density at radius 2 is 1.72 bits per heavy atom. The van der Waals surface area contributed by atoms with Crippen LogP contribution in [0.3, 0.4) is 0 Å². The maximum absolute atomic E-state index is 13.9. The summed E-state index contributed by atoms with van der Waals surface area (Å²) in [5.74, 6) is -0.498. The first kappa shape index (κ1) is 32.8. The van der Waals surface area contributed by atoms with Crippen molar-refractivity contribution in [2.75, 3.05) is 57.8 Å². The molecule has 2 aromatic rings. The number of hydrogen-bond donors (Lipinski definition) is 2. The Hall–Kier alpha value is -3.15. The second-order valence-corrected chi connectivity index (χ2v) is 11.6. The van der Waals surface area contributed by atoms with Gasteiger partial charge in [0, 0.05) is 44.5 Å². The second kappa shape index (κ2) is 15.0. The summed E-state index contributed by atoms with van der Waals surface area (Å²) in [6.45, 7) is 6.50. The van der Waals surface area contributed by atoms with Gasteiger partial charge in [-0.3, -0.25) is 14.5 Å². The largest absolute Gasteiger partial charge is 0.494 e. The lowest BCUT2D eigenvalue weighted by Gasteiger charge is -2.34. The van der Waals surface area contributed by atoms with Gasteiger partial charge < -0.3 is 25.6 Å². The molecule has 2 aromatic carbocycles. The third kappa shape index (κ3) is 8.70. The average Bonchev–Trinajstić information content (AvgIpc) is 2.99. The van der Waals surface area contributed by atoms with Crippen molar-refractivity contribution in [3.05, 3.63) is 59.2 Å². The van der Waals surface area contributed by atoms with E-state index in [-0.39, 0.29) is 17.3 Å². The molecule has 236 valence electrons. The zero-order chi connectivity index (χ0) is 31.0. The van der Waals surface area contributed by atoms with Gasteiger partial charge in [-0.2, -0.15) is 13.2 Å². The molecule has 4 rings (SSSR count). The fourth-order valence-electron chi connectivity index (χ4n) is 5.95. The minimum Gasteiger partial charge on any atom is -0.494 e. The Bertz CT molecular complexity index is 1210. The average molecular weight is 604 g/mol. The fraction of sp³-hybridized carbons (Fsp3) is 0.562. The summed E-state index contributed by atoms with van der Waals surface area (Å²) in [5, 5.41) is 3.07. The highest BCUT2D eigenvalue weighted by molar-refractivity contribution is 6.02. The summed E-state index contributed by atoms with van der Waals surface area (Å²) in [6.07, 6.45) is 0.920. The first-order chi connectivity index (χ1) is 20.6. The van der Waals surface area contributed by atoms with E-state index in [4.69, 9.17) is 10.5 Å². The molecule has 2 fully saturated rings. The van der Waals surface area contributed by atoms with Gasteiger partial charge in [0.15, 0.2) is 0 Å². The quantitative estimate of drug-likeness (QED) is 0.368. The lowest BCUT2D eigenvalue weighted by atomic mass is 9.94. The highest BCUT2D eigenvalue weighted by atomic mass is 19.4. The molecule has 0 bridgehead atoms. The van der Waals surface area contributed by atoms with E-state index >= 15 is 0 Å². The Balaban J connectivity index is 1.57. The van der Waals surface area contributed by atoms with Crippen LogP contribution in [0, 0.1) is 6.92 Å². The Labute approximate surface area is 252 Å². The molecule has 2 aliphatic rings. The standard InChI is InChI=1S/C32H44F3N5O3/c1-23-27(32(33,34)35)10-6-11-28(23)40(29(41)22-36)30(31(42)37-25-8-4-3-5-9-25)24-12-14-26(15-13-24)43-21-7-16-39-19-17-38(2)18-20-39/h6,10-15,25,30H,3-5,7-9,16-22,36H2,1-2H3,(H,37,42). The van der Waals surface area contributed by atoms with Gasteiger partial charge >= 0.3 is 6.18 Å². The molecule has 0 aromatic heterocycles. The second-order valence-electron chi connectivity index (χ2n) is 11.6. The Kier molecular flexibility index (Phi) is 11.5. The number of alkyl halides is 3. The van der Waals surface area contributed by atoms with E-state index in [1.807, 2.05) is 0 Å². The van der Waals surface area contributed by atoms with Crippen molar-refractivity contribution in [1.29, 1.82) is 0 Å². The molecule has 1 saturated heterocycles. The zero-order valence-corrected chi connectivity index (χ0v) is 25.2. The number of anilines is 1. The number of halogens is 3. The highest BCUT2D eigenvalue weighted by Crippen LogP contribution is 2.38. The van der Waals surface area contributed by atoms with E-state index in [0.29, 0.717) is 17.9 Å². The van der Waals surface area contributed by atoms with E-state index in [9.17, 15) is 22.8 Å². The normalized spacial score (nSPS) is 17.8. The predicted molar refractivity (Wildman–Crippen MR) is 161 cm³/mol. The maximum Gasteiger partial charge on any atom is 0.416 e. The van der Waals surface area contributed by atoms with Crippen LogP contribution in [0.1, 0.15) is 61.3 Å². The lowest BCUT2D eigenvalue weighted by molar-refractivity contribution is -0.138. The van der Waals surface area contributed by atoms with Crippen molar-refractivity contribution in [2.24, 2.45) is 5.73 Å². The number of nitrogens with one attached hydrogen (secondary N) is 1. The molecule has 1 saturated carbocycles. The molecule has 2 amide bonds. The van der Waals surface area contributed by atoms with Crippen molar-refractivity contribution in [2.45, 2.75) is 63.7 Å². The van der Waals surface area contributed by atoms with Gasteiger partial charge in [0.1, 0.15) is 11.8 Å². The molecule has 43 heavy (non-hydrogen) atoms. The maximum atomic E-state index is 13.9. The summed E-state index contributed by atoms with van der Waals surface area (Å²) in [6, 6.07) is 9.22. The highest BCUT2D eigenvalue weighted by Gasteiger charge is 2.38. The number of benzene rings is 2.